The second-order valence-corrected chi connectivity index (χ2v) is 4.64. The first kappa shape index (κ1) is 14.8. The summed E-state index contributed by atoms with van der Waals surface area (Å²) in [5, 5.41) is 3.24. The molecule has 110 valence electrons. The Bertz CT molecular complexity index is 641. The molecule has 0 bridgehead atoms. The number of hydrogen-bond acceptors (Lipinski definition) is 5. The Morgan fingerprint density at radius 2 is 2.19 bits per heavy atom. The van der Waals surface area contributed by atoms with Gasteiger partial charge >= 0.3 is 5.97 Å². The van der Waals surface area contributed by atoms with Gasteiger partial charge in [0.05, 0.1) is 24.4 Å². The molecule has 2 aromatic rings. The van der Waals surface area contributed by atoms with Crippen LogP contribution in [0.2, 0.25) is 0 Å². The fourth-order valence-electron chi connectivity index (χ4n) is 1.94. The number of rotatable bonds is 5. The van der Waals surface area contributed by atoms with Crippen LogP contribution in [0, 0.1) is 6.92 Å². The van der Waals surface area contributed by atoms with E-state index in [9.17, 15) is 4.79 Å². The maximum absolute atomic E-state index is 11.8. The number of nitrogen functional groups attached to an aromatic ring is 1. The van der Waals surface area contributed by atoms with E-state index in [-0.39, 0.29) is 0 Å². The number of pyridine rings is 1. The zero-order valence-electron chi connectivity index (χ0n) is 12.2. The third-order valence-electron chi connectivity index (χ3n) is 3.13. The van der Waals surface area contributed by atoms with Crippen LogP contribution < -0.4 is 11.1 Å². The number of carbonyl (C=O) groups excluding carboxylic acids is 1. The second kappa shape index (κ2) is 6.74. The highest BCUT2D eigenvalue weighted by Crippen LogP contribution is 2.19. The number of esters is 1. The molecule has 3 N–H and O–H groups in total. The number of aromatic nitrogens is 1. The number of nitrogens with one attached hydrogen (secondary N) is 1. The van der Waals surface area contributed by atoms with Gasteiger partial charge in [0.25, 0.3) is 0 Å². The van der Waals surface area contributed by atoms with Crippen LogP contribution in [0.15, 0.2) is 36.5 Å². The summed E-state index contributed by atoms with van der Waals surface area (Å²) in [6.45, 7) is 4.68. The Kier molecular flexibility index (Phi) is 4.77. The van der Waals surface area contributed by atoms with Gasteiger partial charge in [-0.2, -0.15) is 0 Å². The molecule has 0 aliphatic rings. The third kappa shape index (κ3) is 3.72. The molecule has 0 aliphatic heterocycles. The van der Waals surface area contributed by atoms with Crippen LogP contribution in [0.3, 0.4) is 0 Å². The Labute approximate surface area is 124 Å². The minimum atomic E-state index is -0.410. The van der Waals surface area contributed by atoms with Gasteiger partial charge in [0, 0.05) is 17.6 Å². The van der Waals surface area contributed by atoms with Crippen molar-refractivity contribution in [2.75, 3.05) is 17.7 Å². The Morgan fingerprint density at radius 1 is 1.38 bits per heavy atom. The zero-order chi connectivity index (χ0) is 15.2. The Morgan fingerprint density at radius 3 is 2.90 bits per heavy atom. The predicted molar refractivity (Wildman–Crippen MR) is 83.1 cm³/mol. The Balaban J connectivity index is 2.12. The van der Waals surface area contributed by atoms with Crippen LogP contribution in [0.4, 0.5) is 11.4 Å². The third-order valence-corrected chi connectivity index (χ3v) is 3.13. The molecule has 0 atom stereocenters. The number of ether oxygens (including phenoxy) is 1. The van der Waals surface area contributed by atoms with E-state index >= 15 is 0 Å². The number of nitrogens with two attached hydrogens (primary N) is 1. The number of anilines is 2. The summed E-state index contributed by atoms with van der Waals surface area (Å²) < 4.78 is 4.99. The van der Waals surface area contributed by atoms with Gasteiger partial charge in [-0.3, -0.25) is 4.98 Å². The lowest BCUT2D eigenvalue weighted by atomic mass is 10.1. The average molecular weight is 285 g/mol. The van der Waals surface area contributed by atoms with Crippen LogP contribution in [-0.2, 0) is 11.3 Å². The van der Waals surface area contributed by atoms with Crippen molar-refractivity contribution in [2.24, 2.45) is 0 Å². The average Bonchev–Trinajstić information content (AvgIpc) is 2.48. The van der Waals surface area contributed by atoms with E-state index in [2.05, 4.69) is 10.3 Å². The van der Waals surface area contributed by atoms with E-state index < -0.39 is 5.97 Å². The summed E-state index contributed by atoms with van der Waals surface area (Å²) in [5.41, 5.74) is 9.48. The van der Waals surface area contributed by atoms with Gasteiger partial charge in [-0.1, -0.05) is 6.07 Å². The predicted octanol–water partition coefficient (Wildman–Crippen LogP) is 2.76. The van der Waals surface area contributed by atoms with Crippen LogP contribution in [0.5, 0.6) is 0 Å². The smallest absolute Gasteiger partial charge is 0.340 e. The van der Waals surface area contributed by atoms with Crippen molar-refractivity contribution < 1.29 is 9.53 Å². The molecule has 1 heterocycles. The first-order valence-electron chi connectivity index (χ1n) is 6.82. The van der Waals surface area contributed by atoms with E-state index in [4.69, 9.17) is 10.5 Å². The quantitative estimate of drug-likeness (QED) is 0.652. The SMILES string of the molecule is CCOC(=O)c1cc(NCc2ncccc2C)ccc1N. The molecule has 21 heavy (non-hydrogen) atoms. The molecule has 0 radical (unpaired) electrons. The van der Waals surface area contributed by atoms with E-state index in [0.717, 1.165) is 16.9 Å². The lowest BCUT2D eigenvalue weighted by molar-refractivity contribution is 0.0527. The van der Waals surface area contributed by atoms with Crippen molar-refractivity contribution in [1.29, 1.82) is 0 Å². The first-order chi connectivity index (χ1) is 10.1. The molecule has 5 nitrogen and oxygen atoms in total. The summed E-state index contributed by atoms with van der Waals surface area (Å²) in [6.07, 6.45) is 1.76. The molecule has 2 rings (SSSR count). The van der Waals surface area contributed by atoms with Gasteiger partial charge in [0.2, 0.25) is 0 Å². The van der Waals surface area contributed by atoms with Crippen molar-refractivity contribution >= 4 is 17.3 Å². The van der Waals surface area contributed by atoms with Gasteiger partial charge in [-0.15, -0.1) is 0 Å². The van der Waals surface area contributed by atoms with E-state index in [1.54, 1.807) is 25.3 Å². The normalized spacial score (nSPS) is 10.2. The Hall–Kier alpha value is -2.56. The highest BCUT2D eigenvalue weighted by atomic mass is 16.5. The van der Waals surface area contributed by atoms with Crippen molar-refractivity contribution in [3.05, 3.63) is 53.3 Å². The fourth-order valence-corrected chi connectivity index (χ4v) is 1.94. The van der Waals surface area contributed by atoms with E-state index in [1.807, 2.05) is 25.1 Å². The summed E-state index contributed by atoms with van der Waals surface area (Å²) in [6, 6.07) is 9.14. The van der Waals surface area contributed by atoms with E-state index in [0.29, 0.717) is 24.4 Å². The topological polar surface area (TPSA) is 77.2 Å². The standard InChI is InChI=1S/C16H19N3O2/c1-3-21-16(20)13-9-12(6-7-14(13)17)19-10-15-11(2)5-4-8-18-15/h4-9,19H,3,10,17H2,1-2H3. The summed E-state index contributed by atoms with van der Waals surface area (Å²) >= 11 is 0. The summed E-state index contributed by atoms with van der Waals surface area (Å²) in [7, 11) is 0. The van der Waals surface area contributed by atoms with E-state index in [1.165, 1.54) is 0 Å². The minimum absolute atomic E-state index is 0.322. The largest absolute Gasteiger partial charge is 0.462 e. The number of nitrogens with zero attached hydrogens (tertiary/aromatic N) is 1. The molecule has 0 aliphatic carbocycles. The van der Waals surface area contributed by atoms with Gasteiger partial charge in [-0.25, -0.2) is 4.79 Å². The molecule has 0 saturated carbocycles. The summed E-state index contributed by atoms with van der Waals surface area (Å²) in [4.78, 5) is 16.1. The molecule has 0 fully saturated rings. The molecule has 0 spiro atoms. The van der Waals surface area contributed by atoms with Crippen molar-refractivity contribution in [3.63, 3.8) is 0 Å². The van der Waals surface area contributed by atoms with Crippen molar-refractivity contribution in [2.45, 2.75) is 20.4 Å². The lowest BCUT2D eigenvalue weighted by Crippen LogP contribution is -2.09. The molecule has 5 heteroatoms. The second-order valence-electron chi connectivity index (χ2n) is 4.64. The van der Waals surface area contributed by atoms with Crippen molar-refractivity contribution in [1.82, 2.24) is 4.98 Å². The number of benzene rings is 1. The molecule has 0 saturated heterocycles. The molecular formula is C16H19N3O2. The minimum Gasteiger partial charge on any atom is -0.462 e. The number of aryl methyl sites for hydroxylation is 1. The highest BCUT2D eigenvalue weighted by molar-refractivity contribution is 5.96. The van der Waals surface area contributed by atoms with Crippen LogP contribution >= 0.6 is 0 Å². The maximum Gasteiger partial charge on any atom is 0.340 e. The van der Waals surface area contributed by atoms with Crippen LogP contribution in [-0.4, -0.2) is 17.6 Å². The lowest BCUT2D eigenvalue weighted by Gasteiger charge is -2.11. The van der Waals surface area contributed by atoms with Crippen molar-refractivity contribution in [3.8, 4) is 0 Å². The fraction of sp³-hybridized carbons (Fsp3) is 0.250. The van der Waals surface area contributed by atoms with Crippen LogP contribution in [0.25, 0.3) is 0 Å². The van der Waals surface area contributed by atoms with Gasteiger partial charge in [0.1, 0.15) is 0 Å². The highest BCUT2D eigenvalue weighted by Gasteiger charge is 2.11. The van der Waals surface area contributed by atoms with Gasteiger partial charge in [-0.05, 0) is 43.7 Å². The number of carbonyl (C=O) groups is 1. The monoisotopic (exact) mass is 285 g/mol. The number of hydrogen-bond donors (Lipinski definition) is 2. The molecule has 1 aromatic carbocycles. The van der Waals surface area contributed by atoms with Gasteiger partial charge in [0.15, 0.2) is 0 Å². The first-order valence-corrected chi connectivity index (χ1v) is 6.82. The summed E-state index contributed by atoms with van der Waals surface area (Å²) in [5.74, 6) is -0.410. The van der Waals surface area contributed by atoms with Gasteiger partial charge < -0.3 is 15.8 Å². The molecule has 0 unspecified atom stereocenters. The maximum atomic E-state index is 11.8. The van der Waals surface area contributed by atoms with Crippen LogP contribution in [0.1, 0.15) is 28.5 Å². The zero-order valence-corrected chi connectivity index (χ0v) is 12.2. The molecule has 1 aromatic heterocycles. The molecular weight excluding hydrogens is 266 g/mol. The molecule has 0 amide bonds.